The first-order chi connectivity index (χ1) is 12.5. The maximum absolute atomic E-state index is 8.36. The standard InChI is InChI=1S/C17H27N3.2CH2O2/c1-19-9-7-16(8-10-19)18-12-17-11-14-5-3-4-6-15(14)13-20(17)2;2*2-1-3/h3-6,16-18H,7-13H2,1-2H3;2*1H,(H,2,3). The van der Waals surface area contributed by atoms with Crippen LogP contribution in [0.2, 0.25) is 0 Å². The molecule has 7 nitrogen and oxygen atoms in total. The molecular weight excluding hydrogens is 334 g/mol. The van der Waals surface area contributed by atoms with E-state index in [4.69, 9.17) is 19.8 Å². The number of likely N-dealkylation sites (tertiary alicyclic amines) is 1. The van der Waals surface area contributed by atoms with E-state index in [1.165, 1.54) is 37.9 Å². The van der Waals surface area contributed by atoms with E-state index in [1.54, 1.807) is 5.56 Å². The summed E-state index contributed by atoms with van der Waals surface area (Å²) >= 11 is 0. The van der Waals surface area contributed by atoms with Gasteiger partial charge in [0.1, 0.15) is 0 Å². The molecule has 2 aliphatic rings. The van der Waals surface area contributed by atoms with Crippen molar-refractivity contribution >= 4 is 12.9 Å². The molecule has 1 unspecified atom stereocenters. The Hall–Kier alpha value is -1.96. The Bertz CT molecular complexity index is 527. The third-order valence-corrected chi connectivity index (χ3v) is 4.98. The lowest BCUT2D eigenvalue weighted by atomic mass is 9.94. The van der Waals surface area contributed by atoms with E-state index in [-0.39, 0.29) is 12.9 Å². The van der Waals surface area contributed by atoms with Gasteiger partial charge in [-0.25, -0.2) is 0 Å². The summed E-state index contributed by atoms with van der Waals surface area (Å²) in [5.74, 6) is 0. The molecule has 1 aromatic rings. The number of hydrogen-bond acceptors (Lipinski definition) is 5. The van der Waals surface area contributed by atoms with Gasteiger partial charge >= 0.3 is 0 Å². The van der Waals surface area contributed by atoms with Crippen LogP contribution in [0.15, 0.2) is 24.3 Å². The number of nitrogens with one attached hydrogen (secondary N) is 1. The van der Waals surface area contributed by atoms with Crippen molar-refractivity contribution in [2.45, 2.75) is 37.9 Å². The van der Waals surface area contributed by atoms with Gasteiger partial charge in [0.25, 0.3) is 12.9 Å². The monoisotopic (exact) mass is 365 g/mol. The molecule has 0 aromatic heterocycles. The fraction of sp³-hybridized carbons (Fsp3) is 0.579. The van der Waals surface area contributed by atoms with Crippen molar-refractivity contribution in [3.8, 4) is 0 Å². The molecule has 0 aliphatic carbocycles. The lowest BCUT2D eigenvalue weighted by Gasteiger charge is -2.36. The van der Waals surface area contributed by atoms with Crippen molar-refractivity contribution in [2.24, 2.45) is 0 Å². The first kappa shape index (κ1) is 22.1. The lowest BCUT2D eigenvalue weighted by molar-refractivity contribution is -0.123. The fourth-order valence-electron chi connectivity index (χ4n) is 3.46. The quantitative estimate of drug-likeness (QED) is 0.692. The number of fused-ring (bicyclic) bond motifs is 1. The van der Waals surface area contributed by atoms with Crippen LogP contribution in [0.4, 0.5) is 0 Å². The third-order valence-electron chi connectivity index (χ3n) is 4.98. The van der Waals surface area contributed by atoms with Crippen LogP contribution in [-0.2, 0) is 22.6 Å². The average Bonchev–Trinajstić information content (AvgIpc) is 2.63. The molecule has 1 aromatic carbocycles. The van der Waals surface area contributed by atoms with Crippen LogP contribution in [-0.4, -0.2) is 78.8 Å². The molecular formula is C19H31N3O4. The van der Waals surface area contributed by atoms with Crippen molar-refractivity contribution in [3.05, 3.63) is 35.4 Å². The molecule has 0 bridgehead atoms. The molecule has 0 saturated carbocycles. The van der Waals surface area contributed by atoms with Gasteiger partial charge < -0.3 is 20.4 Å². The third kappa shape index (κ3) is 7.51. The number of likely N-dealkylation sites (N-methyl/N-ethyl adjacent to an activating group) is 1. The Morgan fingerprint density at radius 2 is 1.62 bits per heavy atom. The highest BCUT2D eigenvalue weighted by Crippen LogP contribution is 2.21. The molecule has 1 atom stereocenters. The van der Waals surface area contributed by atoms with Crippen LogP contribution in [0.5, 0.6) is 0 Å². The van der Waals surface area contributed by atoms with Gasteiger partial charge in [0.2, 0.25) is 0 Å². The lowest BCUT2D eigenvalue weighted by Crippen LogP contribution is -2.48. The summed E-state index contributed by atoms with van der Waals surface area (Å²) < 4.78 is 0. The van der Waals surface area contributed by atoms with Crippen LogP contribution in [0.1, 0.15) is 24.0 Å². The normalized spacial score (nSPS) is 20.6. The van der Waals surface area contributed by atoms with Gasteiger partial charge in [-0.3, -0.25) is 14.5 Å². The van der Waals surface area contributed by atoms with Crippen LogP contribution in [0.3, 0.4) is 0 Å². The van der Waals surface area contributed by atoms with Crippen LogP contribution in [0, 0.1) is 0 Å². The minimum atomic E-state index is -0.250. The number of benzene rings is 1. The van der Waals surface area contributed by atoms with Gasteiger partial charge in [-0.2, -0.15) is 0 Å². The zero-order chi connectivity index (χ0) is 19.4. The molecule has 26 heavy (non-hydrogen) atoms. The van der Waals surface area contributed by atoms with Crippen LogP contribution < -0.4 is 5.32 Å². The van der Waals surface area contributed by atoms with E-state index in [0.29, 0.717) is 6.04 Å². The first-order valence-electron chi connectivity index (χ1n) is 8.90. The molecule has 3 rings (SSSR count). The van der Waals surface area contributed by atoms with Crippen LogP contribution in [0.25, 0.3) is 0 Å². The maximum Gasteiger partial charge on any atom is 0.290 e. The Kier molecular flexibility index (Phi) is 10.5. The summed E-state index contributed by atoms with van der Waals surface area (Å²) in [5.41, 5.74) is 3.05. The van der Waals surface area contributed by atoms with E-state index in [0.717, 1.165) is 19.1 Å². The highest BCUT2D eigenvalue weighted by molar-refractivity contribution is 5.33. The fourth-order valence-corrected chi connectivity index (χ4v) is 3.46. The maximum atomic E-state index is 8.36. The first-order valence-corrected chi connectivity index (χ1v) is 8.90. The van der Waals surface area contributed by atoms with Gasteiger partial charge in [-0.05, 0) is 57.6 Å². The minimum Gasteiger partial charge on any atom is -0.483 e. The zero-order valence-corrected chi connectivity index (χ0v) is 15.7. The van der Waals surface area contributed by atoms with Crippen LogP contribution >= 0.6 is 0 Å². The van der Waals surface area contributed by atoms with Gasteiger partial charge in [0.15, 0.2) is 0 Å². The molecule has 1 saturated heterocycles. The highest BCUT2D eigenvalue weighted by atomic mass is 16.3. The van der Waals surface area contributed by atoms with Gasteiger partial charge in [-0.1, -0.05) is 24.3 Å². The molecule has 0 spiro atoms. The predicted octanol–water partition coefficient (Wildman–Crippen LogP) is 1.13. The predicted molar refractivity (Wildman–Crippen MR) is 101 cm³/mol. The second-order valence-corrected chi connectivity index (χ2v) is 6.74. The molecule has 0 amide bonds. The number of piperidine rings is 1. The largest absolute Gasteiger partial charge is 0.483 e. The Morgan fingerprint density at radius 3 is 2.19 bits per heavy atom. The molecule has 7 heteroatoms. The summed E-state index contributed by atoms with van der Waals surface area (Å²) in [6.07, 6.45) is 3.78. The molecule has 2 aliphatic heterocycles. The van der Waals surface area contributed by atoms with Gasteiger partial charge in [-0.15, -0.1) is 0 Å². The second kappa shape index (κ2) is 12.4. The molecule has 146 valence electrons. The highest BCUT2D eigenvalue weighted by Gasteiger charge is 2.24. The SMILES string of the molecule is CN1CCC(NCC2Cc3ccccc3CN2C)CC1.O=CO.O=CO. The Labute approximate surface area is 155 Å². The van der Waals surface area contributed by atoms with Gasteiger partial charge in [0, 0.05) is 25.2 Å². The number of carboxylic acid groups (broad SMARTS) is 2. The Morgan fingerprint density at radius 1 is 1.08 bits per heavy atom. The number of hydrogen-bond donors (Lipinski definition) is 3. The van der Waals surface area contributed by atoms with E-state index in [9.17, 15) is 0 Å². The van der Waals surface area contributed by atoms with E-state index in [2.05, 4.69) is 53.5 Å². The summed E-state index contributed by atoms with van der Waals surface area (Å²) in [4.78, 5) is 21.7. The number of carbonyl (C=O) groups is 2. The number of rotatable bonds is 3. The van der Waals surface area contributed by atoms with Crippen molar-refractivity contribution in [2.75, 3.05) is 33.7 Å². The summed E-state index contributed by atoms with van der Waals surface area (Å²) in [6, 6.07) is 10.3. The molecule has 1 fully saturated rings. The Balaban J connectivity index is 0.000000499. The summed E-state index contributed by atoms with van der Waals surface area (Å²) in [6.45, 7) is 4.19. The van der Waals surface area contributed by atoms with Crippen molar-refractivity contribution in [3.63, 3.8) is 0 Å². The van der Waals surface area contributed by atoms with Crippen molar-refractivity contribution in [1.82, 2.24) is 15.1 Å². The average molecular weight is 365 g/mol. The molecule has 2 heterocycles. The topological polar surface area (TPSA) is 93.1 Å². The molecule has 3 N–H and O–H groups in total. The van der Waals surface area contributed by atoms with Crippen molar-refractivity contribution in [1.29, 1.82) is 0 Å². The summed E-state index contributed by atoms with van der Waals surface area (Å²) in [7, 11) is 4.49. The minimum absolute atomic E-state index is 0.250. The number of nitrogens with zero attached hydrogens (tertiary/aromatic N) is 2. The van der Waals surface area contributed by atoms with E-state index < -0.39 is 0 Å². The van der Waals surface area contributed by atoms with Gasteiger partial charge in [0.05, 0.1) is 0 Å². The van der Waals surface area contributed by atoms with E-state index in [1.807, 2.05) is 0 Å². The summed E-state index contributed by atoms with van der Waals surface area (Å²) in [5, 5.41) is 17.6. The smallest absolute Gasteiger partial charge is 0.290 e. The van der Waals surface area contributed by atoms with E-state index >= 15 is 0 Å². The second-order valence-electron chi connectivity index (χ2n) is 6.74. The van der Waals surface area contributed by atoms with Crippen molar-refractivity contribution < 1.29 is 19.8 Å². The zero-order valence-electron chi connectivity index (χ0n) is 15.7. The molecule has 0 radical (unpaired) electrons.